The molecule has 16 rings (SSSR count). The SMILES string of the molecule is [2H]c1c([2H])c([2H])c2c(c1[2H])-c1c([2H])c([2H])c([2H])c([2H])c1C21c2c([2H])c([2H])c([2H])c([2H])c2-c2c([2H])c([2H])c(-c3c(-c4c([2H])c([2H])c(N(c5ccccc5)c5cccc6c5-c5ccccc5C65c6ccccc6-c6ccccc65)c([2H])c4[2H])c([2H])c([2H])c4c([2H])c([2H])c([2H])c([2H])c34)c([2H])c21. The lowest BCUT2D eigenvalue weighted by atomic mass is 9.70. The van der Waals surface area contributed by atoms with Gasteiger partial charge in [0.05, 0.1) is 50.8 Å². The minimum absolute atomic E-state index is 0.323. The molecule has 0 heterocycles. The molecule has 12 aromatic carbocycles. The van der Waals surface area contributed by atoms with Crippen LogP contribution in [0.4, 0.5) is 17.1 Å². The fourth-order valence-electron chi connectivity index (χ4n) is 12.3. The zero-order valence-electron chi connectivity index (χ0n) is 63.0. The zero-order chi connectivity index (χ0) is 69.6. The Morgan fingerprint density at radius 3 is 1.44 bits per heavy atom. The number of hydrogen-bond acceptors (Lipinski definition) is 1. The Morgan fingerprint density at radius 1 is 0.288 bits per heavy atom. The Hall–Kier alpha value is -9.30. The predicted molar refractivity (Wildman–Crippen MR) is 302 cm³/mol. The third-order valence-electron chi connectivity index (χ3n) is 15.0. The first-order valence-corrected chi connectivity index (χ1v) is 23.6. The summed E-state index contributed by atoms with van der Waals surface area (Å²) in [5.41, 5.74) is -4.27. The van der Waals surface area contributed by atoms with E-state index >= 15 is 0 Å². The first kappa shape index (κ1) is 23.3. The average Bonchev–Trinajstić information content (AvgIpc) is 1.47. The van der Waals surface area contributed by atoms with Crippen molar-refractivity contribution in [3.05, 3.63) is 317 Å². The van der Waals surface area contributed by atoms with E-state index in [9.17, 15) is 23.3 Å². The maximum Gasteiger partial charge on any atom is 0.0726 e. The third kappa shape index (κ3) is 5.25. The molecule has 1 nitrogen and oxygen atoms in total. The van der Waals surface area contributed by atoms with E-state index in [1.807, 2.05) is 54.6 Å². The van der Waals surface area contributed by atoms with Gasteiger partial charge in [0.2, 0.25) is 0 Å². The molecule has 0 fully saturated rings. The van der Waals surface area contributed by atoms with E-state index in [1.165, 1.54) is 0 Å². The highest BCUT2D eigenvalue weighted by atomic mass is 15.1. The number of para-hydroxylation sites is 1. The molecule has 0 bridgehead atoms. The molecular weight excluding hydrogens is 879 g/mol. The largest absolute Gasteiger partial charge is 0.310 e. The van der Waals surface area contributed by atoms with Crippen molar-refractivity contribution in [2.45, 2.75) is 10.8 Å². The maximum absolute atomic E-state index is 10.9. The standard InChI is InChI=1S/C72H45N/c1-2-20-49(21-3-1)73(68-36-18-35-66-70(68)59-28-11-17-34-65(59)71(66)60-29-12-6-23-53(60)54-24-7-13-30-61(54)71)50-41-37-47(38-42-50)52-43-39-46-19-4-5-22-51(46)69(52)48-40-44-58-57-27-10-16-33-64(57)72(67(58)45-48)62-31-14-8-25-55(62)56-26-9-15-32-63(56)72/h1-45H/i4D,5D,8D,9D,10D,14D,15D,16D,19D,22D,25D,26D,27D,31D,32D,33D,37D,38D,39D,40D,41D,42D,43D,44D,45D. The molecule has 0 atom stereocenters. The highest BCUT2D eigenvalue weighted by Gasteiger charge is 2.53. The van der Waals surface area contributed by atoms with Gasteiger partial charge in [-0.05, 0) is 153 Å². The van der Waals surface area contributed by atoms with Crippen molar-refractivity contribution in [1.82, 2.24) is 0 Å². The Morgan fingerprint density at radius 2 is 0.781 bits per heavy atom. The molecule has 73 heavy (non-hydrogen) atoms. The van der Waals surface area contributed by atoms with Crippen LogP contribution in [-0.2, 0) is 10.8 Å². The first-order valence-electron chi connectivity index (χ1n) is 36.1. The second-order valence-electron chi connectivity index (χ2n) is 18.2. The Balaban J connectivity index is 1.05. The molecule has 2 spiro atoms. The van der Waals surface area contributed by atoms with Gasteiger partial charge in [0.15, 0.2) is 0 Å². The molecule has 0 aromatic heterocycles. The van der Waals surface area contributed by atoms with Crippen LogP contribution in [-0.4, -0.2) is 0 Å². The van der Waals surface area contributed by atoms with Gasteiger partial charge in [-0.2, -0.15) is 0 Å². The monoisotopic (exact) mass is 949 g/mol. The van der Waals surface area contributed by atoms with Gasteiger partial charge in [-0.15, -0.1) is 0 Å². The fourth-order valence-corrected chi connectivity index (χ4v) is 12.3. The van der Waals surface area contributed by atoms with Crippen LogP contribution < -0.4 is 4.90 Å². The van der Waals surface area contributed by atoms with Crippen molar-refractivity contribution in [3.63, 3.8) is 0 Å². The molecule has 0 N–H and O–H groups in total. The van der Waals surface area contributed by atoms with Crippen LogP contribution in [0.15, 0.2) is 272 Å². The Bertz CT molecular complexity index is 5610. The molecule has 0 saturated carbocycles. The smallest absolute Gasteiger partial charge is 0.0726 e. The lowest BCUT2D eigenvalue weighted by Gasteiger charge is -2.32. The molecule has 4 aliphatic carbocycles. The Kier molecular flexibility index (Phi) is 4.82. The van der Waals surface area contributed by atoms with Gasteiger partial charge in [0.1, 0.15) is 0 Å². The summed E-state index contributed by atoms with van der Waals surface area (Å²) in [5, 5.41) is -1.43. The maximum atomic E-state index is 10.9. The summed E-state index contributed by atoms with van der Waals surface area (Å²) in [6.45, 7) is 0. The normalized spacial score (nSPS) is 18.8. The highest BCUT2D eigenvalue weighted by molar-refractivity contribution is 6.06. The van der Waals surface area contributed by atoms with Crippen LogP contribution in [0.5, 0.6) is 0 Å². The highest BCUT2D eigenvalue weighted by Crippen LogP contribution is 2.66. The van der Waals surface area contributed by atoms with Crippen LogP contribution in [0.1, 0.15) is 78.8 Å². The van der Waals surface area contributed by atoms with E-state index in [4.69, 9.17) is 11.0 Å². The van der Waals surface area contributed by atoms with E-state index < -0.39 is 239 Å². The molecule has 12 aromatic rings. The van der Waals surface area contributed by atoms with E-state index in [0.717, 1.165) is 38.9 Å². The minimum Gasteiger partial charge on any atom is -0.310 e. The third-order valence-corrected chi connectivity index (χ3v) is 15.0. The van der Waals surface area contributed by atoms with E-state index in [0.29, 0.717) is 16.9 Å². The molecule has 0 radical (unpaired) electrons. The number of rotatable bonds is 5. The van der Waals surface area contributed by atoms with Crippen LogP contribution >= 0.6 is 0 Å². The van der Waals surface area contributed by atoms with Crippen molar-refractivity contribution < 1.29 is 34.3 Å². The topological polar surface area (TPSA) is 3.24 Å². The average molecular weight is 949 g/mol. The second kappa shape index (κ2) is 15.1. The predicted octanol–water partition coefficient (Wildman–Crippen LogP) is 18.3. The van der Waals surface area contributed by atoms with Crippen LogP contribution in [0.3, 0.4) is 0 Å². The van der Waals surface area contributed by atoms with Crippen LogP contribution in [0.2, 0.25) is 0 Å². The summed E-state index contributed by atoms with van der Waals surface area (Å²) >= 11 is 0. The quantitative estimate of drug-likeness (QED) is 0.166. The van der Waals surface area contributed by atoms with Crippen molar-refractivity contribution in [3.8, 4) is 66.8 Å². The summed E-state index contributed by atoms with van der Waals surface area (Å²) in [4.78, 5) is 1.60. The van der Waals surface area contributed by atoms with Gasteiger partial charge in [0, 0.05) is 16.9 Å². The van der Waals surface area contributed by atoms with Gasteiger partial charge >= 0.3 is 0 Å². The number of benzene rings is 12. The van der Waals surface area contributed by atoms with Gasteiger partial charge < -0.3 is 4.90 Å². The van der Waals surface area contributed by atoms with Crippen molar-refractivity contribution in [2.75, 3.05) is 4.90 Å². The minimum atomic E-state index is -2.89. The summed E-state index contributed by atoms with van der Waals surface area (Å²) in [7, 11) is 0. The fraction of sp³-hybridized carbons (Fsp3) is 0.0278. The molecule has 4 aliphatic rings. The van der Waals surface area contributed by atoms with Gasteiger partial charge in [-0.3, -0.25) is 0 Å². The number of fused-ring (bicyclic) bond motifs is 21. The zero-order valence-corrected chi connectivity index (χ0v) is 38.0. The summed E-state index contributed by atoms with van der Waals surface area (Å²) in [6, 6.07) is 15.4. The summed E-state index contributed by atoms with van der Waals surface area (Å²) in [5.74, 6) is 0. The van der Waals surface area contributed by atoms with Crippen molar-refractivity contribution in [1.29, 1.82) is 0 Å². The van der Waals surface area contributed by atoms with Crippen LogP contribution in [0, 0.1) is 0 Å². The van der Waals surface area contributed by atoms with E-state index in [2.05, 4.69) is 30.3 Å². The van der Waals surface area contributed by atoms with Crippen molar-refractivity contribution in [2.24, 2.45) is 0 Å². The van der Waals surface area contributed by atoms with Crippen molar-refractivity contribution >= 4 is 27.8 Å². The molecule has 0 unspecified atom stereocenters. The number of nitrogens with zero attached hydrogens (tertiary/aromatic N) is 1. The summed E-state index contributed by atoms with van der Waals surface area (Å²) < 4.78 is 241. The number of hydrogen-bond donors (Lipinski definition) is 0. The Labute approximate surface area is 460 Å². The van der Waals surface area contributed by atoms with E-state index in [1.54, 1.807) is 41.3 Å². The molecule has 0 saturated heterocycles. The van der Waals surface area contributed by atoms with Gasteiger partial charge in [0.25, 0.3) is 0 Å². The second-order valence-corrected chi connectivity index (χ2v) is 18.2. The molecule has 338 valence electrons. The molecule has 0 aliphatic heterocycles. The molecular formula is C72H45N. The van der Waals surface area contributed by atoms with E-state index in [-0.39, 0.29) is 5.69 Å². The van der Waals surface area contributed by atoms with Gasteiger partial charge in [-0.1, -0.05) is 236 Å². The summed E-state index contributed by atoms with van der Waals surface area (Å²) in [6.07, 6.45) is 0. The number of anilines is 3. The van der Waals surface area contributed by atoms with Crippen LogP contribution in [0.25, 0.3) is 77.5 Å². The molecule has 1 heteroatoms. The lowest BCUT2D eigenvalue weighted by molar-refractivity contribution is 0.794. The van der Waals surface area contributed by atoms with Gasteiger partial charge in [-0.25, -0.2) is 0 Å². The first-order chi connectivity index (χ1) is 46.7. The lowest BCUT2D eigenvalue weighted by Crippen LogP contribution is -2.26. The molecule has 0 amide bonds.